The molecule has 0 spiro atoms. The van der Waals surface area contributed by atoms with E-state index in [2.05, 4.69) is 4.98 Å². The van der Waals surface area contributed by atoms with Crippen LogP contribution in [0.25, 0.3) is 0 Å². The van der Waals surface area contributed by atoms with Crippen LogP contribution in [0.1, 0.15) is 51.6 Å². The molecule has 218 valence electrons. The smallest absolute Gasteiger partial charge is 0.384 e. The second-order valence-electron chi connectivity index (χ2n) is 10.5. The fraction of sp³-hybridized carbons (Fsp3) is 0.400. The van der Waals surface area contributed by atoms with Gasteiger partial charge in [-0.1, -0.05) is 35.9 Å². The molecule has 3 unspecified atom stereocenters. The molecule has 8 nitrogen and oxygen atoms in total. The molecule has 41 heavy (non-hydrogen) atoms. The summed E-state index contributed by atoms with van der Waals surface area (Å²) in [7, 11) is -3.58. The van der Waals surface area contributed by atoms with Crippen molar-refractivity contribution in [3.63, 3.8) is 0 Å². The maximum atomic E-state index is 15.8. The molecule has 1 aromatic heterocycles. The number of aromatic nitrogens is 1. The molecule has 3 aromatic rings. The third-order valence-corrected chi connectivity index (χ3v) is 9.69. The summed E-state index contributed by atoms with van der Waals surface area (Å²) in [4.78, 5) is 19.1. The van der Waals surface area contributed by atoms with E-state index in [9.17, 15) is 13.2 Å². The zero-order valence-electron chi connectivity index (χ0n) is 23.2. The van der Waals surface area contributed by atoms with E-state index in [1.54, 1.807) is 23.1 Å². The molecule has 11 heteroatoms. The molecule has 2 aromatic carbocycles. The van der Waals surface area contributed by atoms with Crippen LogP contribution in [0.3, 0.4) is 0 Å². The first kappa shape index (κ1) is 29.1. The molecule has 0 radical (unpaired) electrons. The number of likely N-dealkylation sites (tertiary alicyclic amines) is 1. The van der Waals surface area contributed by atoms with Crippen LogP contribution in [0.2, 0.25) is 0 Å². The van der Waals surface area contributed by atoms with Crippen LogP contribution in [-0.4, -0.2) is 67.5 Å². The van der Waals surface area contributed by atoms with E-state index in [-0.39, 0.29) is 31.3 Å². The number of methoxy groups -OCH3 is 1. The van der Waals surface area contributed by atoms with Crippen molar-refractivity contribution in [2.75, 3.05) is 26.7 Å². The predicted molar refractivity (Wildman–Crippen MR) is 149 cm³/mol. The van der Waals surface area contributed by atoms with Gasteiger partial charge in [0.05, 0.1) is 24.8 Å². The lowest BCUT2D eigenvalue weighted by Gasteiger charge is -2.28. The number of benzene rings is 2. The number of nitrogens with zero attached hydrogens (tertiary/aromatic N) is 3. The highest BCUT2D eigenvalue weighted by atomic mass is 32.2. The number of rotatable bonds is 8. The van der Waals surface area contributed by atoms with Crippen LogP contribution < -0.4 is 4.74 Å². The van der Waals surface area contributed by atoms with Crippen molar-refractivity contribution in [2.45, 2.75) is 50.2 Å². The first-order valence-electron chi connectivity index (χ1n) is 13.5. The number of aryl methyl sites for hydroxylation is 2. The van der Waals surface area contributed by atoms with E-state index in [1.807, 2.05) is 32.0 Å². The van der Waals surface area contributed by atoms with Gasteiger partial charge in [-0.2, -0.15) is 13.1 Å². The molecule has 5 rings (SSSR count). The van der Waals surface area contributed by atoms with Gasteiger partial charge in [-0.3, -0.25) is 9.78 Å². The quantitative estimate of drug-likeness (QED) is 0.376. The molecular formula is C30H33F2N3O5S. The maximum absolute atomic E-state index is 15.8. The molecule has 2 aliphatic heterocycles. The SMILES string of the molecule is COC1CN(C(=O)c2cc(C)ccc2C)CC1Oc1cccc(C(F)(F)S(=O)(=O)N2CCCC2c2ccccn2)c1. The number of halogens is 2. The Bertz CT molecular complexity index is 1520. The fourth-order valence-electron chi connectivity index (χ4n) is 5.50. The minimum Gasteiger partial charge on any atom is -0.486 e. The summed E-state index contributed by atoms with van der Waals surface area (Å²) >= 11 is 0. The molecule has 0 aliphatic carbocycles. The van der Waals surface area contributed by atoms with Gasteiger partial charge in [-0.15, -0.1) is 0 Å². The van der Waals surface area contributed by atoms with Gasteiger partial charge in [0.1, 0.15) is 18.0 Å². The standard InChI is InChI=1S/C30H33F2N3O5S/c1-20-12-13-21(2)24(16-20)29(36)34-18-27(39-3)28(19-34)40-23-9-6-8-22(17-23)30(31,32)41(37,38)35-15-7-11-26(35)25-10-4-5-14-33-25/h4-6,8-10,12-14,16-17,26-28H,7,11,15,18-19H2,1-3H3. The monoisotopic (exact) mass is 585 g/mol. The van der Waals surface area contributed by atoms with Crippen molar-refractivity contribution in [3.05, 3.63) is 94.8 Å². The number of sulfonamides is 1. The third kappa shape index (κ3) is 5.58. The van der Waals surface area contributed by atoms with Crippen LogP contribution in [0.15, 0.2) is 66.9 Å². The normalized spacial score (nSPS) is 21.8. The summed E-state index contributed by atoms with van der Waals surface area (Å²) in [5, 5.41) is -4.20. The Hall–Kier alpha value is -3.41. The van der Waals surface area contributed by atoms with Gasteiger partial charge < -0.3 is 14.4 Å². The van der Waals surface area contributed by atoms with E-state index in [1.165, 1.54) is 25.4 Å². The van der Waals surface area contributed by atoms with Crippen molar-refractivity contribution in [3.8, 4) is 5.75 Å². The van der Waals surface area contributed by atoms with E-state index in [0.717, 1.165) is 27.6 Å². The molecule has 2 fully saturated rings. The third-order valence-electron chi connectivity index (χ3n) is 7.75. The fourth-order valence-corrected chi connectivity index (χ4v) is 7.14. The summed E-state index contributed by atoms with van der Waals surface area (Å²) in [6, 6.07) is 14.9. The first-order chi connectivity index (χ1) is 19.5. The molecule has 0 bridgehead atoms. The highest BCUT2D eigenvalue weighted by molar-refractivity contribution is 7.89. The van der Waals surface area contributed by atoms with Gasteiger partial charge >= 0.3 is 5.25 Å². The van der Waals surface area contributed by atoms with Crippen LogP contribution in [0, 0.1) is 13.8 Å². The second-order valence-corrected chi connectivity index (χ2v) is 12.5. The highest BCUT2D eigenvalue weighted by Gasteiger charge is 2.54. The van der Waals surface area contributed by atoms with Crippen molar-refractivity contribution in [1.82, 2.24) is 14.2 Å². The van der Waals surface area contributed by atoms with E-state index < -0.39 is 39.1 Å². The number of amides is 1. The minimum absolute atomic E-state index is 0.0166. The van der Waals surface area contributed by atoms with Crippen LogP contribution in [0.4, 0.5) is 8.78 Å². The molecule has 1 amide bonds. The zero-order valence-corrected chi connectivity index (χ0v) is 24.0. The van der Waals surface area contributed by atoms with Gasteiger partial charge in [0, 0.05) is 31.0 Å². The zero-order chi connectivity index (χ0) is 29.4. The van der Waals surface area contributed by atoms with Crippen molar-refractivity contribution < 1.29 is 31.5 Å². The Morgan fingerprint density at radius 3 is 2.54 bits per heavy atom. The number of hydrogen-bond acceptors (Lipinski definition) is 6. The van der Waals surface area contributed by atoms with Crippen molar-refractivity contribution in [2.24, 2.45) is 0 Å². The summed E-state index contributed by atoms with van der Waals surface area (Å²) in [5.74, 6) is -0.105. The molecule has 0 N–H and O–H groups in total. The number of pyridine rings is 1. The van der Waals surface area contributed by atoms with E-state index >= 15 is 8.78 Å². The number of alkyl halides is 2. The van der Waals surface area contributed by atoms with Gasteiger partial charge in [0.2, 0.25) is 0 Å². The van der Waals surface area contributed by atoms with Gasteiger partial charge in [0.15, 0.2) is 0 Å². The van der Waals surface area contributed by atoms with Gasteiger partial charge in [-0.05, 0) is 62.6 Å². The Balaban J connectivity index is 1.35. The molecule has 3 atom stereocenters. The second kappa shape index (κ2) is 11.5. The van der Waals surface area contributed by atoms with Crippen LogP contribution >= 0.6 is 0 Å². The molecule has 2 aliphatic rings. The Morgan fingerprint density at radius 2 is 1.80 bits per heavy atom. The summed E-state index contributed by atoms with van der Waals surface area (Å²) in [5.41, 5.74) is 2.13. The summed E-state index contributed by atoms with van der Waals surface area (Å²) in [6.07, 6.45) is 1.25. The molecular weight excluding hydrogens is 552 g/mol. The van der Waals surface area contributed by atoms with Gasteiger partial charge in [0.25, 0.3) is 15.9 Å². The van der Waals surface area contributed by atoms with E-state index in [4.69, 9.17) is 9.47 Å². The first-order valence-corrected chi connectivity index (χ1v) is 14.9. The van der Waals surface area contributed by atoms with Crippen LogP contribution in [0.5, 0.6) is 5.75 Å². The molecule has 0 saturated carbocycles. The average molecular weight is 586 g/mol. The Kier molecular flexibility index (Phi) is 8.13. The summed E-state index contributed by atoms with van der Waals surface area (Å²) < 4.78 is 70.7. The van der Waals surface area contributed by atoms with Crippen LogP contribution in [-0.2, 0) is 20.0 Å². The highest BCUT2D eigenvalue weighted by Crippen LogP contribution is 2.44. The number of hydrogen-bond donors (Lipinski definition) is 0. The van der Waals surface area contributed by atoms with Gasteiger partial charge in [-0.25, -0.2) is 8.42 Å². The lowest BCUT2D eigenvalue weighted by molar-refractivity contribution is 0.0335. The number of carbonyl (C=O) groups excluding carboxylic acids is 1. The van der Waals surface area contributed by atoms with Crippen molar-refractivity contribution >= 4 is 15.9 Å². The average Bonchev–Trinajstić information content (AvgIpc) is 3.62. The van der Waals surface area contributed by atoms with Crippen molar-refractivity contribution in [1.29, 1.82) is 0 Å². The number of carbonyl (C=O) groups is 1. The lowest BCUT2D eigenvalue weighted by atomic mass is 10.0. The molecule has 3 heterocycles. The largest absolute Gasteiger partial charge is 0.486 e. The predicted octanol–water partition coefficient (Wildman–Crippen LogP) is 4.83. The molecule has 2 saturated heterocycles. The van der Waals surface area contributed by atoms with E-state index in [0.29, 0.717) is 24.1 Å². The Labute approximate surface area is 238 Å². The number of ether oxygens (including phenoxy) is 2. The Morgan fingerprint density at radius 1 is 1.02 bits per heavy atom. The topological polar surface area (TPSA) is 89.0 Å². The lowest BCUT2D eigenvalue weighted by Crippen LogP contribution is -2.41. The summed E-state index contributed by atoms with van der Waals surface area (Å²) in [6.45, 7) is 4.21. The maximum Gasteiger partial charge on any atom is 0.384 e. The minimum atomic E-state index is -5.08.